The van der Waals surface area contributed by atoms with Gasteiger partial charge in [-0.2, -0.15) is 0 Å². The molecule has 0 aliphatic rings. The topological polar surface area (TPSA) is 55.0 Å². The fraction of sp³-hybridized carbons (Fsp3) is 0.111. The fourth-order valence-electron chi connectivity index (χ4n) is 2.72. The van der Waals surface area contributed by atoms with Crippen LogP contribution in [-0.4, -0.2) is 15.9 Å². The molecular formula is C18H14N2O2S. The Hall–Kier alpha value is -2.66. The lowest BCUT2D eigenvalue weighted by atomic mass is 10.1. The number of nitrogens with one attached hydrogen (secondary N) is 1. The van der Waals surface area contributed by atoms with Gasteiger partial charge in [-0.15, -0.1) is 11.3 Å². The summed E-state index contributed by atoms with van der Waals surface area (Å²) in [6.45, 7) is 2.07. The van der Waals surface area contributed by atoms with Gasteiger partial charge < -0.3 is 9.72 Å². The van der Waals surface area contributed by atoms with E-state index in [2.05, 4.69) is 9.97 Å². The molecule has 1 N–H and O–H groups in total. The number of aromatic amines is 1. The van der Waals surface area contributed by atoms with Crippen LogP contribution in [-0.2, 0) is 11.3 Å². The Labute approximate surface area is 136 Å². The number of esters is 1. The number of carbonyl (C=O) groups is 1. The number of nitrogens with zero attached hydrogens (tertiary/aromatic N) is 1. The first-order valence-corrected chi connectivity index (χ1v) is 8.13. The summed E-state index contributed by atoms with van der Waals surface area (Å²) in [4.78, 5) is 20.2. The van der Waals surface area contributed by atoms with Gasteiger partial charge in [0.2, 0.25) is 0 Å². The molecule has 2 aromatic carbocycles. The predicted molar refractivity (Wildman–Crippen MR) is 91.8 cm³/mol. The Morgan fingerprint density at radius 3 is 2.83 bits per heavy atom. The third-order valence-electron chi connectivity index (χ3n) is 3.76. The molecule has 0 bridgehead atoms. The summed E-state index contributed by atoms with van der Waals surface area (Å²) in [5.74, 6) is -0.320. The van der Waals surface area contributed by atoms with Crippen LogP contribution in [0.5, 0.6) is 0 Å². The van der Waals surface area contributed by atoms with Gasteiger partial charge in [0.25, 0.3) is 0 Å². The molecule has 0 unspecified atom stereocenters. The Morgan fingerprint density at radius 1 is 1.17 bits per heavy atom. The molecule has 0 saturated carbocycles. The monoisotopic (exact) mass is 322 g/mol. The first kappa shape index (κ1) is 14.0. The summed E-state index contributed by atoms with van der Waals surface area (Å²) < 4.78 is 6.58. The zero-order chi connectivity index (χ0) is 15.8. The van der Waals surface area contributed by atoms with Crippen molar-refractivity contribution in [2.45, 2.75) is 13.5 Å². The smallest absolute Gasteiger partial charge is 0.341 e. The average molecular weight is 322 g/mol. The number of hydrogen-bond donors (Lipinski definition) is 1. The van der Waals surface area contributed by atoms with Crippen LogP contribution in [0, 0.1) is 6.92 Å². The number of aryl methyl sites for hydroxylation is 1. The molecule has 2 aromatic heterocycles. The molecule has 4 nitrogen and oxygen atoms in total. The first-order chi connectivity index (χ1) is 11.2. The van der Waals surface area contributed by atoms with E-state index in [1.54, 1.807) is 11.3 Å². The third kappa shape index (κ3) is 2.49. The van der Waals surface area contributed by atoms with Gasteiger partial charge in [-0.1, -0.05) is 30.3 Å². The maximum atomic E-state index is 12.5. The number of ether oxygens (including phenoxy) is 1. The van der Waals surface area contributed by atoms with E-state index in [0.29, 0.717) is 5.56 Å². The highest BCUT2D eigenvalue weighted by atomic mass is 32.1. The lowest BCUT2D eigenvalue weighted by molar-refractivity contribution is 0.0474. The minimum absolute atomic E-state index is 0.192. The highest BCUT2D eigenvalue weighted by Crippen LogP contribution is 2.25. The molecule has 0 radical (unpaired) electrons. The quantitative estimate of drug-likeness (QED) is 0.567. The summed E-state index contributed by atoms with van der Waals surface area (Å²) in [5.41, 5.74) is 3.30. The van der Waals surface area contributed by atoms with Gasteiger partial charge in [-0.05, 0) is 25.1 Å². The molecule has 4 rings (SSSR count). The summed E-state index contributed by atoms with van der Waals surface area (Å²) in [7, 11) is 0. The summed E-state index contributed by atoms with van der Waals surface area (Å²) in [6, 6.07) is 15.6. The third-order valence-corrected chi connectivity index (χ3v) is 4.77. The van der Waals surface area contributed by atoms with Crippen LogP contribution < -0.4 is 0 Å². The van der Waals surface area contributed by atoms with Gasteiger partial charge in [-0.25, -0.2) is 9.78 Å². The Balaban J connectivity index is 1.58. The maximum absolute atomic E-state index is 12.5. The van der Waals surface area contributed by atoms with E-state index in [4.69, 9.17) is 4.74 Å². The van der Waals surface area contributed by atoms with Crippen LogP contribution in [0.25, 0.3) is 21.1 Å². The number of thiazole rings is 1. The molecule has 2 heterocycles. The number of hydrogen-bond acceptors (Lipinski definition) is 4. The molecule has 0 aliphatic heterocycles. The van der Waals surface area contributed by atoms with Crippen molar-refractivity contribution < 1.29 is 9.53 Å². The Morgan fingerprint density at radius 2 is 1.96 bits per heavy atom. The van der Waals surface area contributed by atoms with Crippen LogP contribution in [0.3, 0.4) is 0 Å². The fourth-order valence-corrected chi connectivity index (χ4v) is 3.60. The lowest BCUT2D eigenvalue weighted by Crippen LogP contribution is -2.06. The largest absolute Gasteiger partial charge is 0.455 e. The molecular weight excluding hydrogens is 308 g/mol. The minimum atomic E-state index is -0.320. The highest BCUT2D eigenvalue weighted by molar-refractivity contribution is 7.18. The average Bonchev–Trinajstić information content (AvgIpc) is 3.12. The molecule has 4 aromatic rings. The number of fused-ring (bicyclic) bond motifs is 2. The molecule has 0 aliphatic carbocycles. The Bertz CT molecular complexity index is 983. The number of H-pyrrole nitrogens is 1. The lowest BCUT2D eigenvalue weighted by Gasteiger charge is -2.02. The van der Waals surface area contributed by atoms with Crippen molar-refractivity contribution in [3.05, 3.63) is 64.8 Å². The number of benzene rings is 2. The summed E-state index contributed by atoms with van der Waals surface area (Å²) >= 11 is 1.55. The Kier molecular flexibility index (Phi) is 3.35. The molecule has 114 valence electrons. The summed E-state index contributed by atoms with van der Waals surface area (Å²) in [5, 5.41) is 1.69. The van der Waals surface area contributed by atoms with Crippen molar-refractivity contribution in [2.24, 2.45) is 0 Å². The van der Waals surface area contributed by atoms with E-state index >= 15 is 0 Å². The molecule has 23 heavy (non-hydrogen) atoms. The number of para-hydroxylation sites is 2. The highest BCUT2D eigenvalue weighted by Gasteiger charge is 2.17. The van der Waals surface area contributed by atoms with E-state index in [1.807, 2.05) is 55.5 Å². The second kappa shape index (κ2) is 5.52. The van der Waals surface area contributed by atoms with Gasteiger partial charge in [0.1, 0.15) is 11.6 Å². The van der Waals surface area contributed by atoms with Gasteiger partial charge >= 0.3 is 5.97 Å². The SMILES string of the molecule is Cc1[nH]c2ccccc2c1C(=O)OCc1nc2ccccc2s1. The maximum Gasteiger partial charge on any atom is 0.341 e. The van der Waals surface area contributed by atoms with E-state index in [1.165, 1.54) is 0 Å². The molecule has 0 saturated heterocycles. The van der Waals surface area contributed by atoms with E-state index in [-0.39, 0.29) is 12.6 Å². The van der Waals surface area contributed by atoms with Crippen LogP contribution in [0.1, 0.15) is 21.1 Å². The second-order valence-electron chi connectivity index (χ2n) is 5.32. The second-order valence-corrected chi connectivity index (χ2v) is 6.44. The number of carbonyl (C=O) groups excluding carboxylic acids is 1. The zero-order valence-corrected chi connectivity index (χ0v) is 13.3. The molecule has 0 atom stereocenters. The van der Waals surface area contributed by atoms with Crippen LogP contribution in [0.4, 0.5) is 0 Å². The van der Waals surface area contributed by atoms with Crippen molar-refractivity contribution in [3.8, 4) is 0 Å². The molecule has 0 amide bonds. The van der Waals surface area contributed by atoms with E-state index in [0.717, 1.165) is 31.8 Å². The summed E-state index contributed by atoms with van der Waals surface area (Å²) in [6.07, 6.45) is 0. The van der Waals surface area contributed by atoms with Crippen molar-refractivity contribution in [2.75, 3.05) is 0 Å². The first-order valence-electron chi connectivity index (χ1n) is 7.31. The van der Waals surface area contributed by atoms with Crippen LogP contribution in [0.2, 0.25) is 0 Å². The molecule has 5 heteroatoms. The van der Waals surface area contributed by atoms with Gasteiger partial charge in [-0.3, -0.25) is 0 Å². The van der Waals surface area contributed by atoms with Crippen LogP contribution >= 0.6 is 11.3 Å². The van der Waals surface area contributed by atoms with E-state index in [9.17, 15) is 4.79 Å². The normalized spacial score (nSPS) is 11.2. The van der Waals surface area contributed by atoms with Gasteiger partial charge in [0, 0.05) is 16.6 Å². The zero-order valence-electron chi connectivity index (χ0n) is 12.5. The van der Waals surface area contributed by atoms with Crippen molar-refractivity contribution in [1.29, 1.82) is 0 Å². The van der Waals surface area contributed by atoms with Crippen molar-refractivity contribution in [1.82, 2.24) is 9.97 Å². The van der Waals surface area contributed by atoms with Gasteiger partial charge in [0.15, 0.2) is 0 Å². The molecule has 0 fully saturated rings. The number of aromatic nitrogens is 2. The van der Waals surface area contributed by atoms with Crippen LogP contribution in [0.15, 0.2) is 48.5 Å². The standard InChI is InChI=1S/C18H14N2O2S/c1-11-17(12-6-2-3-7-13(12)19-11)18(21)22-10-16-20-14-8-4-5-9-15(14)23-16/h2-9,19H,10H2,1H3. The van der Waals surface area contributed by atoms with Crippen molar-refractivity contribution in [3.63, 3.8) is 0 Å². The van der Waals surface area contributed by atoms with Crippen molar-refractivity contribution >= 4 is 38.4 Å². The predicted octanol–water partition coefficient (Wildman–Crippen LogP) is 4.44. The molecule has 0 spiro atoms. The number of rotatable bonds is 3. The van der Waals surface area contributed by atoms with Gasteiger partial charge in [0.05, 0.1) is 15.8 Å². The van der Waals surface area contributed by atoms with E-state index < -0.39 is 0 Å². The minimum Gasteiger partial charge on any atom is -0.455 e.